The molecule has 0 aliphatic heterocycles. The molecule has 2 heteroatoms. The molecule has 1 aromatic rings. The van der Waals surface area contributed by atoms with Gasteiger partial charge in [0, 0.05) is 5.92 Å². The van der Waals surface area contributed by atoms with Crippen LogP contribution in [0.3, 0.4) is 0 Å². The standard InChI is InChI=1S/C11H17NO/c1-10(2)9-12(3,13)11-7-5-4-6-8-11/h4-8,10H,9H2,1-3H3. The Morgan fingerprint density at radius 3 is 2.23 bits per heavy atom. The molecule has 13 heavy (non-hydrogen) atoms. The van der Waals surface area contributed by atoms with Crippen LogP contribution < -0.4 is 4.65 Å². The summed E-state index contributed by atoms with van der Waals surface area (Å²) in [6.45, 7) is 4.76. The van der Waals surface area contributed by atoms with Gasteiger partial charge in [-0.2, -0.15) is 0 Å². The summed E-state index contributed by atoms with van der Waals surface area (Å²) >= 11 is 0. The molecule has 0 saturated heterocycles. The first-order chi connectivity index (χ1) is 6.02. The average molecular weight is 179 g/mol. The lowest BCUT2D eigenvalue weighted by atomic mass is 10.2. The highest BCUT2D eigenvalue weighted by Gasteiger charge is 2.14. The molecule has 0 N–H and O–H groups in total. The summed E-state index contributed by atoms with van der Waals surface area (Å²) in [6, 6.07) is 9.51. The minimum absolute atomic E-state index is 0.279. The summed E-state index contributed by atoms with van der Waals surface area (Å²) in [6.07, 6.45) is 0. The van der Waals surface area contributed by atoms with E-state index >= 15 is 0 Å². The van der Waals surface area contributed by atoms with Crippen LogP contribution in [-0.2, 0) is 0 Å². The van der Waals surface area contributed by atoms with E-state index in [-0.39, 0.29) is 4.65 Å². The zero-order chi connectivity index (χ0) is 9.90. The summed E-state index contributed by atoms with van der Waals surface area (Å²) in [5.41, 5.74) is 0.830. The van der Waals surface area contributed by atoms with E-state index in [1.807, 2.05) is 30.3 Å². The molecule has 1 aromatic carbocycles. The van der Waals surface area contributed by atoms with Crippen molar-refractivity contribution in [3.63, 3.8) is 0 Å². The van der Waals surface area contributed by atoms with Gasteiger partial charge in [-0.15, -0.1) is 0 Å². The molecule has 0 amide bonds. The lowest BCUT2D eigenvalue weighted by Gasteiger charge is -2.39. The van der Waals surface area contributed by atoms with Crippen molar-refractivity contribution in [2.24, 2.45) is 5.92 Å². The lowest BCUT2D eigenvalue weighted by molar-refractivity contribution is 0.384. The summed E-state index contributed by atoms with van der Waals surface area (Å²) < 4.78 is -0.279. The Kier molecular flexibility index (Phi) is 3.07. The molecule has 0 aromatic heterocycles. The zero-order valence-electron chi connectivity index (χ0n) is 8.53. The number of quaternary nitrogens is 1. The molecule has 0 radical (unpaired) electrons. The van der Waals surface area contributed by atoms with Crippen molar-refractivity contribution in [1.29, 1.82) is 0 Å². The predicted molar refractivity (Wildman–Crippen MR) is 57.2 cm³/mol. The quantitative estimate of drug-likeness (QED) is 0.517. The van der Waals surface area contributed by atoms with Gasteiger partial charge < -0.3 is 9.85 Å². The highest BCUT2D eigenvalue weighted by molar-refractivity contribution is 5.42. The maximum Gasteiger partial charge on any atom is 0.132 e. The van der Waals surface area contributed by atoms with Crippen LogP contribution >= 0.6 is 0 Å². The number of benzene rings is 1. The third-order valence-corrected chi connectivity index (χ3v) is 2.02. The Labute approximate surface area is 80.0 Å². The Morgan fingerprint density at radius 1 is 1.23 bits per heavy atom. The van der Waals surface area contributed by atoms with E-state index in [2.05, 4.69) is 13.8 Å². The molecule has 0 bridgehead atoms. The summed E-state index contributed by atoms with van der Waals surface area (Å²) in [4.78, 5) is 0. The number of hydrogen-bond donors (Lipinski definition) is 0. The molecule has 2 nitrogen and oxygen atoms in total. The zero-order valence-corrected chi connectivity index (χ0v) is 8.53. The minimum atomic E-state index is -0.279. The van der Waals surface area contributed by atoms with Gasteiger partial charge in [0.1, 0.15) is 5.69 Å². The van der Waals surface area contributed by atoms with Crippen molar-refractivity contribution in [2.45, 2.75) is 13.8 Å². The first kappa shape index (κ1) is 10.2. The second kappa shape index (κ2) is 3.90. The molecular weight excluding hydrogens is 162 g/mol. The SMILES string of the molecule is CC(C)C[N+](C)([O-])c1ccccc1. The largest absolute Gasteiger partial charge is 0.628 e. The van der Waals surface area contributed by atoms with E-state index in [1.165, 1.54) is 0 Å². The molecule has 1 atom stereocenters. The van der Waals surface area contributed by atoms with Crippen LogP contribution in [0, 0.1) is 11.1 Å². The van der Waals surface area contributed by atoms with Crippen LogP contribution in [0.2, 0.25) is 0 Å². The van der Waals surface area contributed by atoms with Crippen molar-refractivity contribution >= 4 is 5.69 Å². The average Bonchev–Trinajstić information content (AvgIpc) is 2.04. The molecule has 0 saturated carbocycles. The molecule has 0 fully saturated rings. The molecule has 1 rings (SSSR count). The predicted octanol–water partition coefficient (Wildman–Crippen LogP) is 2.78. The molecule has 72 valence electrons. The van der Waals surface area contributed by atoms with E-state index in [0.717, 1.165) is 5.69 Å². The summed E-state index contributed by atoms with van der Waals surface area (Å²) in [7, 11) is 1.70. The van der Waals surface area contributed by atoms with Gasteiger partial charge in [-0.1, -0.05) is 32.0 Å². The van der Waals surface area contributed by atoms with Crippen LogP contribution in [-0.4, -0.2) is 13.6 Å². The van der Waals surface area contributed by atoms with Gasteiger partial charge in [0.05, 0.1) is 13.6 Å². The van der Waals surface area contributed by atoms with E-state index in [4.69, 9.17) is 0 Å². The third kappa shape index (κ3) is 2.83. The smallest absolute Gasteiger partial charge is 0.132 e. The van der Waals surface area contributed by atoms with Crippen LogP contribution in [0.15, 0.2) is 30.3 Å². The van der Waals surface area contributed by atoms with E-state index < -0.39 is 0 Å². The van der Waals surface area contributed by atoms with Gasteiger partial charge in [-0.3, -0.25) is 0 Å². The highest BCUT2D eigenvalue weighted by Crippen LogP contribution is 2.20. The number of rotatable bonds is 3. The van der Waals surface area contributed by atoms with E-state index in [0.29, 0.717) is 12.5 Å². The Morgan fingerprint density at radius 2 is 1.77 bits per heavy atom. The van der Waals surface area contributed by atoms with Gasteiger partial charge in [0.2, 0.25) is 0 Å². The molecule has 1 unspecified atom stereocenters. The maximum absolute atomic E-state index is 12.1. The van der Waals surface area contributed by atoms with Crippen molar-refractivity contribution in [2.75, 3.05) is 13.6 Å². The number of hydroxylamine groups is 2. The first-order valence-electron chi connectivity index (χ1n) is 4.64. The first-order valence-corrected chi connectivity index (χ1v) is 4.64. The molecule has 0 aliphatic carbocycles. The van der Waals surface area contributed by atoms with Crippen molar-refractivity contribution in [3.8, 4) is 0 Å². The molecule has 0 spiro atoms. The second-order valence-corrected chi connectivity index (χ2v) is 4.01. The Bertz CT molecular complexity index is 254. The second-order valence-electron chi connectivity index (χ2n) is 4.01. The van der Waals surface area contributed by atoms with Gasteiger partial charge in [0.25, 0.3) is 0 Å². The number of nitrogens with zero attached hydrogens (tertiary/aromatic N) is 1. The van der Waals surface area contributed by atoms with Crippen LogP contribution in [0.5, 0.6) is 0 Å². The molecule has 0 aliphatic rings. The van der Waals surface area contributed by atoms with Gasteiger partial charge in [0.15, 0.2) is 0 Å². The van der Waals surface area contributed by atoms with Gasteiger partial charge in [-0.25, -0.2) is 0 Å². The fourth-order valence-electron chi connectivity index (χ4n) is 1.55. The minimum Gasteiger partial charge on any atom is -0.628 e. The molecule has 0 heterocycles. The summed E-state index contributed by atoms with van der Waals surface area (Å²) in [5, 5.41) is 12.1. The van der Waals surface area contributed by atoms with E-state index in [1.54, 1.807) is 7.05 Å². The fourth-order valence-corrected chi connectivity index (χ4v) is 1.55. The lowest BCUT2D eigenvalue weighted by Crippen LogP contribution is -2.41. The van der Waals surface area contributed by atoms with Gasteiger partial charge >= 0.3 is 0 Å². The van der Waals surface area contributed by atoms with Crippen molar-refractivity contribution in [1.82, 2.24) is 4.65 Å². The highest BCUT2D eigenvalue weighted by atomic mass is 16.5. The topological polar surface area (TPSA) is 23.1 Å². The van der Waals surface area contributed by atoms with Crippen LogP contribution in [0.25, 0.3) is 0 Å². The Hall–Kier alpha value is -0.860. The van der Waals surface area contributed by atoms with E-state index in [9.17, 15) is 5.21 Å². The summed E-state index contributed by atoms with van der Waals surface area (Å²) in [5.74, 6) is 0.419. The van der Waals surface area contributed by atoms with Crippen LogP contribution in [0.4, 0.5) is 5.69 Å². The maximum atomic E-state index is 12.1. The number of para-hydroxylation sites is 1. The third-order valence-electron chi connectivity index (χ3n) is 2.02. The normalized spacial score (nSPS) is 15.8. The fraction of sp³-hybridized carbons (Fsp3) is 0.455. The molecular formula is C11H17NO. The van der Waals surface area contributed by atoms with Crippen LogP contribution in [0.1, 0.15) is 13.8 Å². The monoisotopic (exact) mass is 179 g/mol. The van der Waals surface area contributed by atoms with Crippen molar-refractivity contribution < 1.29 is 0 Å². The Balaban J connectivity index is 2.81. The number of hydrogen-bond acceptors (Lipinski definition) is 1. The van der Waals surface area contributed by atoms with Crippen molar-refractivity contribution in [3.05, 3.63) is 35.5 Å². The van der Waals surface area contributed by atoms with Gasteiger partial charge in [-0.05, 0) is 12.1 Å².